The molecule has 2 aromatic rings. The van der Waals surface area contributed by atoms with Crippen LogP contribution >= 0.6 is 22.7 Å². The summed E-state index contributed by atoms with van der Waals surface area (Å²) < 4.78 is 0. The summed E-state index contributed by atoms with van der Waals surface area (Å²) in [6.07, 6.45) is 1.99. The monoisotopic (exact) mass is 224 g/mol. The van der Waals surface area contributed by atoms with Crippen LogP contribution in [0.25, 0.3) is 0 Å². The summed E-state index contributed by atoms with van der Waals surface area (Å²) >= 11 is 2.90. The van der Waals surface area contributed by atoms with E-state index in [1.165, 1.54) is 22.7 Å². The van der Waals surface area contributed by atoms with E-state index in [0.717, 1.165) is 10.7 Å². The summed E-state index contributed by atoms with van der Waals surface area (Å²) in [7, 11) is 0. The fraction of sp³-hybridized carbons (Fsp3) is 0.222. The maximum absolute atomic E-state index is 11.6. The molecule has 0 spiro atoms. The number of thiazole rings is 2. The Kier molecular flexibility index (Phi) is 2.69. The molecule has 0 unspecified atom stereocenters. The van der Waals surface area contributed by atoms with Gasteiger partial charge in [-0.3, -0.25) is 9.78 Å². The number of hydrogen-bond donors (Lipinski definition) is 0. The van der Waals surface area contributed by atoms with Crippen molar-refractivity contribution in [1.82, 2.24) is 9.97 Å². The highest BCUT2D eigenvalue weighted by atomic mass is 32.1. The van der Waals surface area contributed by atoms with Gasteiger partial charge >= 0.3 is 0 Å². The van der Waals surface area contributed by atoms with Crippen molar-refractivity contribution in [3.05, 3.63) is 32.7 Å². The van der Waals surface area contributed by atoms with Crippen LogP contribution in [0.5, 0.6) is 0 Å². The number of carbonyl (C=O) groups excluding carboxylic acids is 1. The molecule has 72 valence electrons. The smallest absolute Gasteiger partial charge is 0.181 e. The third-order valence-corrected chi connectivity index (χ3v) is 3.47. The second-order valence-electron chi connectivity index (χ2n) is 2.85. The summed E-state index contributed by atoms with van der Waals surface area (Å²) in [4.78, 5) is 20.4. The van der Waals surface area contributed by atoms with Crippen LogP contribution in [0.15, 0.2) is 17.1 Å². The Labute approximate surface area is 89.5 Å². The number of rotatable bonds is 3. The molecular weight excluding hydrogens is 216 g/mol. The molecule has 0 bridgehead atoms. The number of carbonyl (C=O) groups is 1. The van der Waals surface area contributed by atoms with E-state index in [1.807, 2.05) is 12.3 Å². The van der Waals surface area contributed by atoms with E-state index < -0.39 is 0 Å². The normalized spacial score (nSPS) is 10.4. The maximum atomic E-state index is 11.6. The molecule has 0 radical (unpaired) electrons. The quantitative estimate of drug-likeness (QED) is 0.751. The van der Waals surface area contributed by atoms with Crippen LogP contribution in [-0.4, -0.2) is 15.8 Å². The Morgan fingerprint density at radius 2 is 2.36 bits per heavy atom. The second kappa shape index (κ2) is 3.98. The fourth-order valence-corrected chi connectivity index (χ4v) is 2.39. The van der Waals surface area contributed by atoms with Crippen LogP contribution in [0.2, 0.25) is 0 Å². The summed E-state index contributed by atoms with van der Waals surface area (Å²) in [6.45, 7) is 1.93. The molecule has 0 amide bonds. The van der Waals surface area contributed by atoms with Gasteiger partial charge in [-0.15, -0.1) is 22.7 Å². The van der Waals surface area contributed by atoms with Gasteiger partial charge in [-0.1, -0.05) is 0 Å². The van der Waals surface area contributed by atoms with Crippen molar-refractivity contribution < 1.29 is 4.79 Å². The fourth-order valence-electron chi connectivity index (χ4n) is 1.06. The van der Waals surface area contributed by atoms with E-state index in [-0.39, 0.29) is 5.78 Å². The van der Waals surface area contributed by atoms with Crippen molar-refractivity contribution in [1.29, 1.82) is 0 Å². The van der Waals surface area contributed by atoms with E-state index in [1.54, 1.807) is 11.7 Å². The van der Waals surface area contributed by atoms with Crippen molar-refractivity contribution in [2.75, 3.05) is 0 Å². The Morgan fingerprint density at radius 1 is 1.50 bits per heavy atom. The van der Waals surface area contributed by atoms with Crippen LogP contribution in [0, 0.1) is 6.92 Å². The van der Waals surface area contributed by atoms with Gasteiger partial charge in [-0.2, -0.15) is 0 Å². The standard InChI is InChI=1S/C9H8N2OS2/c1-6-4-13-9(11-6)2-7(12)8-3-10-5-14-8/h3-5H,2H2,1H3. The Morgan fingerprint density at radius 3 is 2.93 bits per heavy atom. The van der Waals surface area contributed by atoms with Gasteiger partial charge in [0.15, 0.2) is 5.78 Å². The van der Waals surface area contributed by atoms with Crippen molar-refractivity contribution in [3.63, 3.8) is 0 Å². The van der Waals surface area contributed by atoms with Crippen LogP contribution in [0.1, 0.15) is 20.4 Å². The van der Waals surface area contributed by atoms with Crippen molar-refractivity contribution in [3.8, 4) is 0 Å². The number of hydrogen-bond acceptors (Lipinski definition) is 5. The number of Topliss-reactive ketones (excluding diaryl/α,β-unsaturated/α-hetero) is 1. The molecule has 0 aliphatic heterocycles. The van der Waals surface area contributed by atoms with Crippen molar-refractivity contribution in [2.24, 2.45) is 0 Å². The minimum Gasteiger partial charge on any atom is -0.293 e. The van der Waals surface area contributed by atoms with E-state index in [0.29, 0.717) is 11.3 Å². The number of aromatic nitrogens is 2. The first kappa shape index (κ1) is 9.48. The minimum absolute atomic E-state index is 0.0989. The van der Waals surface area contributed by atoms with Crippen molar-refractivity contribution in [2.45, 2.75) is 13.3 Å². The maximum Gasteiger partial charge on any atom is 0.181 e. The third kappa shape index (κ3) is 2.05. The Hall–Kier alpha value is -1.07. The molecular formula is C9H8N2OS2. The zero-order chi connectivity index (χ0) is 9.97. The van der Waals surface area contributed by atoms with Crippen molar-refractivity contribution >= 4 is 28.5 Å². The second-order valence-corrected chi connectivity index (χ2v) is 4.68. The van der Waals surface area contributed by atoms with Gasteiger partial charge in [-0.05, 0) is 6.92 Å². The highest BCUT2D eigenvalue weighted by Gasteiger charge is 2.10. The first-order chi connectivity index (χ1) is 6.75. The molecule has 0 aliphatic carbocycles. The lowest BCUT2D eigenvalue weighted by atomic mass is 10.3. The van der Waals surface area contributed by atoms with Crippen LogP contribution in [-0.2, 0) is 6.42 Å². The van der Waals surface area contributed by atoms with Crippen LogP contribution in [0.3, 0.4) is 0 Å². The lowest BCUT2D eigenvalue weighted by molar-refractivity contribution is 0.0996. The predicted octanol–water partition coefficient (Wildman–Crippen LogP) is 2.33. The molecule has 0 aromatic carbocycles. The molecule has 2 rings (SSSR count). The van der Waals surface area contributed by atoms with Gasteiger partial charge in [-0.25, -0.2) is 4.98 Å². The van der Waals surface area contributed by atoms with Gasteiger partial charge in [0, 0.05) is 17.3 Å². The molecule has 3 nitrogen and oxygen atoms in total. The molecule has 0 aliphatic rings. The summed E-state index contributed by atoms with van der Waals surface area (Å²) in [5.41, 5.74) is 2.64. The molecule has 2 aromatic heterocycles. The number of ketones is 1. The lowest BCUT2D eigenvalue weighted by Crippen LogP contribution is -2.00. The first-order valence-electron chi connectivity index (χ1n) is 4.08. The highest BCUT2D eigenvalue weighted by Crippen LogP contribution is 2.14. The van der Waals surface area contributed by atoms with Crippen LogP contribution < -0.4 is 0 Å². The van der Waals surface area contributed by atoms with Gasteiger partial charge in [0.05, 0.1) is 16.8 Å². The van der Waals surface area contributed by atoms with Gasteiger partial charge in [0.2, 0.25) is 0 Å². The third-order valence-electron chi connectivity index (χ3n) is 1.69. The number of nitrogens with zero attached hydrogens (tertiary/aromatic N) is 2. The summed E-state index contributed by atoms with van der Waals surface area (Å²) in [5.74, 6) is 0.0989. The molecule has 0 atom stereocenters. The minimum atomic E-state index is 0.0989. The number of aryl methyl sites for hydroxylation is 1. The average molecular weight is 224 g/mol. The lowest BCUT2D eigenvalue weighted by Gasteiger charge is -1.91. The molecule has 0 fully saturated rings. The first-order valence-corrected chi connectivity index (χ1v) is 5.84. The van der Waals surface area contributed by atoms with Gasteiger partial charge in [0.25, 0.3) is 0 Å². The SMILES string of the molecule is Cc1csc(CC(=O)c2cncs2)n1. The van der Waals surface area contributed by atoms with E-state index >= 15 is 0 Å². The molecule has 14 heavy (non-hydrogen) atoms. The highest BCUT2D eigenvalue weighted by molar-refractivity contribution is 7.12. The topological polar surface area (TPSA) is 42.9 Å². The van der Waals surface area contributed by atoms with Gasteiger partial charge < -0.3 is 0 Å². The predicted molar refractivity (Wildman–Crippen MR) is 57.0 cm³/mol. The Balaban J connectivity index is 2.09. The molecule has 0 saturated heterocycles. The molecule has 0 saturated carbocycles. The summed E-state index contributed by atoms with van der Waals surface area (Å²) in [6, 6.07) is 0. The summed E-state index contributed by atoms with van der Waals surface area (Å²) in [5, 5.41) is 2.83. The van der Waals surface area contributed by atoms with E-state index in [2.05, 4.69) is 9.97 Å². The van der Waals surface area contributed by atoms with E-state index in [4.69, 9.17) is 0 Å². The van der Waals surface area contributed by atoms with E-state index in [9.17, 15) is 4.79 Å². The largest absolute Gasteiger partial charge is 0.293 e. The molecule has 0 N–H and O–H groups in total. The molecule has 2 heterocycles. The zero-order valence-corrected chi connectivity index (χ0v) is 9.19. The average Bonchev–Trinajstić information content (AvgIpc) is 2.75. The molecule has 5 heteroatoms. The van der Waals surface area contributed by atoms with Crippen LogP contribution in [0.4, 0.5) is 0 Å². The van der Waals surface area contributed by atoms with Gasteiger partial charge in [0.1, 0.15) is 5.01 Å². The zero-order valence-electron chi connectivity index (χ0n) is 7.56. The Bertz CT molecular complexity index is 433.